The lowest BCUT2D eigenvalue weighted by Gasteiger charge is -2.35. The highest BCUT2D eigenvalue weighted by atomic mass is 19.1. The van der Waals surface area contributed by atoms with Crippen molar-refractivity contribution >= 4 is 11.8 Å². The van der Waals surface area contributed by atoms with E-state index in [0.717, 1.165) is 5.56 Å². The van der Waals surface area contributed by atoms with Crippen LogP contribution in [0, 0.1) is 12.7 Å². The van der Waals surface area contributed by atoms with E-state index < -0.39 is 0 Å². The predicted octanol–water partition coefficient (Wildman–Crippen LogP) is 6.50. The summed E-state index contributed by atoms with van der Waals surface area (Å²) >= 11 is 0. The zero-order chi connectivity index (χ0) is 29.3. The number of para-hydroxylation sites is 1. The Labute approximate surface area is 241 Å². The molecule has 1 aliphatic rings. The molecule has 1 aliphatic heterocycles. The number of carbonyl (C=O) groups is 2. The van der Waals surface area contributed by atoms with Crippen molar-refractivity contribution in [2.75, 3.05) is 33.3 Å². The van der Waals surface area contributed by atoms with Gasteiger partial charge in [-0.25, -0.2) is 4.39 Å². The molecule has 0 atom stereocenters. The summed E-state index contributed by atoms with van der Waals surface area (Å²) in [5.41, 5.74) is 4.87. The SMILES string of the molecule is COc1cccc(-c2cc(C(=O)N3CCN(C(=O)c4ccc(C(C)(C)C)cc4)CC3)c(C)n2-c2ccccc2F)c1. The summed E-state index contributed by atoms with van der Waals surface area (Å²) < 4.78 is 22.2. The van der Waals surface area contributed by atoms with Crippen LogP contribution in [0.1, 0.15) is 52.7 Å². The minimum atomic E-state index is -0.378. The normalized spacial score (nSPS) is 13.8. The fraction of sp³-hybridized carbons (Fsp3) is 0.294. The standard InChI is InChI=1S/C34H36FN3O3/c1-23-28(22-31(25-9-8-10-27(21-25)41-5)38(23)30-12-7-6-11-29(30)35)33(40)37-19-17-36(18-20-37)32(39)24-13-15-26(16-14-24)34(2,3)4/h6-16,21-22H,17-20H2,1-5H3. The summed E-state index contributed by atoms with van der Waals surface area (Å²) in [4.78, 5) is 30.6. The molecule has 212 valence electrons. The summed E-state index contributed by atoms with van der Waals surface area (Å²) in [7, 11) is 1.60. The Balaban J connectivity index is 1.39. The third kappa shape index (κ3) is 5.62. The summed E-state index contributed by atoms with van der Waals surface area (Å²) in [5.74, 6) is 0.128. The molecule has 5 rings (SSSR count). The largest absolute Gasteiger partial charge is 0.497 e. The van der Waals surface area contributed by atoms with Crippen LogP contribution in [0.3, 0.4) is 0 Å². The van der Waals surface area contributed by atoms with Crippen LogP contribution >= 0.6 is 0 Å². The van der Waals surface area contributed by atoms with Crippen LogP contribution in [-0.4, -0.2) is 59.5 Å². The molecule has 0 spiro atoms. The molecule has 1 aromatic heterocycles. The minimum Gasteiger partial charge on any atom is -0.497 e. The van der Waals surface area contributed by atoms with Gasteiger partial charge in [0.05, 0.1) is 24.1 Å². The number of halogens is 1. The van der Waals surface area contributed by atoms with Crippen LogP contribution in [0.2, 0.25) is 0 Å². The summed E-state index contributed by atoms with van der Waals surface area (Å²) in [6, 6.07) is 23.7. The lowest BCUT2D eigenvalue weighted by molar-refractivity contribution is 0.0535. The van der Waals surface area contributed by atoms with E-state index in [9.17, 15) is 9.59 Å². The first kappa shape index (κ1) is 28.1. The van der Waals surface area contributed by atoms with Gasteiger partial charge < -0.3 is 19.1 Å². The number of hydrogen-bond donors (Lipinski definition) is 0. The molecule has 41 heavy (non-hydrogen) atoms. The van der Waals surface area contributed by atoms with Crippen LogP contribution in [0.15, 0.2) is 78.9 Å². The second-order valence-electron chi connectivity index (χ2n) is 11.5. The Morgan fingerprint density at radius 2 is 1.44 bits per heavy atom. The number of aromatic nitrogens is 1. The summed E-state index contributed by atoms with van der Waals surface area (Å²) in [6.45, 7) is 10.0. The summed E-state index contributed by atoms with van der Waals surface area (Å²) in [5, 5.41) is 0. The van der Waals surface area contributed by atoms with Gasteiger partial charge in [-0.2, -0.15) is 0 Å². The van der Waals surface area contributed by atoms with Crippen molar-refractivity contribution in [3.63, 3.8) is 0 Å². The number of amides is 2. The molecular formula is C34H36FN3O3. The number of piperazine rings is 1. The molecule has 6 nitrogen and oxygen atoms in total. The van der Waals surface area contributed by atoms with Crippen LogP contribution in [0.4, 0.5) is 4.39 Å². The Hall–Kier alpha value is -4.39. The third-order valence-corrected chi connectivity index (χ3v) is 7.79. The molecule has 4 aromatic rings. The van der Waals surface area contributed by atoms with E-state index in [-0.39, 0.29) is 23.0 Å². The molecule has 0 saturated carbocycles. The Kier molecular flexibility index (Phi) is 7.72. The smallest absolute Gasteiger partial charge is 0.255 e. The number of ether oxygens (including phenoxy) is 1. The molecule has 2 heterocycles. The van der Waals surface area contributed by atoms with Crippen LogP contribution < -0.4 is 4.74 Å². The number of carbonyl (C=O) groups excluding carboxylic acids is 2. The number of benzene rings is 3. The van der Waals surface area contributed by atoms with Gasteiger partial charge in [-0.15, -0.1) is 0 Å². The predicted molar refractivity (Wildman–Crippen MR) is 159 cm³/mol. The average Bonchev–Trinajstić information content (AvgIpc) is 3.33. The van der Waals surface area contributed by atoms with Crippen molar-refractivity contribution in [2.45, 2.75) is 33.1 Å². The maximum absolute atomic E-state index is 15.0. The number of rotatable bonds is 5. The highest BCUT2D eigenvalue weighted by Crippen LogP contribution is 2.33. The lowest BCUT2D eigenvalue weighted by Crippen LogP contribution is -2.50. The van der Waals surface area contributed by atoms with Crippen molar-refractivity contribution in [3.05, 3.63) is 107 Å². The van der Waals surface area contributed by atoms with Crippen LogP contribution in [-0.2, 0) is 5.41 Å². The van der Waals surface area contributed by atoms with E-state index in [1.807, 2.05) is 61.5 Å². The molecule has 0 radical (unpaired) electrons. The van der Waals surface area contributed by atoms with Crippen molar-refractivity contribution in [1.29, 1.82) is 0 Å². The monoisotopic (exact) mass is 553 g/mol. The van der Waals surface area contributed by atoms with Gasteiger partial charge in [-0.1, -0.05) is 57.2 Å². The zero-order valence-electron chi connectivity index (χ0n) is 24.3. The second-order valence-corrected chi connectivity index (χ2v) is 11.5. The maximum atomic E-state index is 15.0. The first-order valence-electron chi connectivity index (χ1n) is 13.9. The Bertz CT molecular complexity index is 1580. The molecule has 0 aliphatic carbocycles. The van der Waals surface area contributed by atoms with Gasteiger partial charge in [0.25, 0.3) is 11.8 Å². The van der Waals surface area contributed by atoms with E-state index in [2.05, 4.69) is 20.8 Å². The molecule has 0 unspecified atom stereocenters. The van der Waals surface area contributed by atoms with Gasteiger partial charge in [0.15, 0.2) is 0 Å². The van der Waals surface area contributed by atoms with Crippen molar-refractivity contribution in [1.82, 2.24) is 14.4 Å². The average molecular weight is 554 g/mol. The molecule has 2 amide bonds. The minimum absolute atomic E-state index is 0.0172. The molecule has 3 aromatic carbocycles. The maximum Gasteiger partial charge on any atom is 0.255 e. The molecule has 7 heteroatoms. The first-order valence-corrected chi connectivity index (χ1v) is 13.9. The fourth-order valence-electron chi connectivity index (χ4n) is 5.34. The van der Waals surface area contributed by atoms with Crippen LogP contribution in [0.25, 0.3) is 16.9 Å². The molecule has 1 saturated heterocycles. The van der Waals surface area contributed by atoms with Crippen molar-refractivity contribution < 1.29 is 18.7 Å². The topological polar surface area (TPSA) is 54.8 Å². The Morgan fingerprint density at radius 1 is 0.805 bits per heavy atom. The quantitative estimate of drug-likeness (QED) is 0.284. The van der Waals surface area contributed by atoms with Gasteiger partial charge in [-0.05, 0) is 60.4 Å². The highest BCUT2D eigenvalue weighted by Gasteiger charge is 2.29. The van der Waals surface area contributed by atoms with E-state index >= 15 is 4.39 Å². The molecule has 0 bridgehead atoms. The number of methoxy groups -OCH3 is 1. The van der Waals surface area contributed by atoms with Gasteiger partial charge in [-0.3, -0.25) is 9.59 Å². The van der Waals surface area contributed by atoms with Crippen molar-refractivity contribution in [3.8, 4) is 22.7 Å². The van der Waals surface area contributed by atoms with Gasteiger partial charge in [0.1, 0.15) is 11.6 Å². The fourth-order valence-corrected chi connectivity index (χ4v) is 5.34. The van der Waals surface area contributed by atoms with E-state index in [1.165, 1.54) is 11.6 Å². The first-order chi connectivity index (χ1) is 19.6. The van der Waals surface area contributed by atoms with E-state index in [0.29, 0.717) is 60.1 Å². The van der Waals surface area contributed by atoms with Crippen molar-refractivity contribution in [2.24, 2.45) is 0 Å². The van der Waals surface area contributed by atoms with E-state index in [4.69, 9.17) is 4.74 Å². The molecule has 0 N–H and O–H groups in total. The van der Waals surface area contributed by atoms with Gasteiger partial charge in [0, 0.05) is 43.0 Å². The number of hydrogen-bond acceptors (Lipinski definition) is 3. The van der Waals surface area contributed by atoms with Gasteiger partial charge in [0.2, 0.25) is 0 Å². The lowest BCUT2D eigenvalue weighted by atomic mass is 9.86. The Morgan fingerprint density at radius 3 is 2.05 bits per heavy atom. The molecule has 1 fully saturated rings. The van der Waals surface area contributed by atoms with E-state index in [1.54, 1.807) is 39.7 Å². The zero-order valence-corrected chi connectivity index (χ0v) is 24.3. The summed E-state index contributed by atoms with van der Waals surface area (Å²) in [6.07, 6.45) is 0. The van der Waals surface area contributed by atoms with Gasteiger partial charge >= 0.3 is 0 Å². The second kappa shape index (κ2) is 11.2. The molecular weight excluding hydrogens is 517 g/mol. The third-order valence-electron chi connectivity index (χ3n) is 7.79. The highest BCUT2D eigenvalue weighted by molar-refractivity contribution is 5.98. The van der Waals surface area contributed by atoms with Crippen LogP contribution in [0.5, 0.6) is 5.75 Å². The number of nitrogens with zero attached hydrogens (tertiary/aromatic N) is 3.